The minimum atomic E-state index is -0.578. The normalized spacial score (nSPS) is 9.86. The molecule has 0 aliphatic rings. The van der Waals surface area contributed by atoms with Crippen LogP contribution in [0.5, 0.6) is 0 Å². The first kappa shape index (κ1) is 16.4. The van der Waals surface area contributed by atoms with E-state index in [0.29, 0.717) is 0 Å². The molecule has 0 saturated carbocycles. The van der Waals surface area contributed by atoms with Gasteiger partial charge in [-0.15, -0.1) is 0 Å². The number of nitro benzene ring substituents is 1. The Morgan fingerprint density at radius 3 is 2.62 bits per heavy atom. The minimum absolute atomic E-state index is 0.137. The standard InChI is InChI=1S/C13H17N3O5/c1-14-12(17)6-7-15(2)11-8-9(13(18)21-3)4-5-10(11)16(19)20/h4-5,8H,6-7H2,1-3H3,(H,14,17). The lowest BCUT2D eigenvalue weighted by Crippen LogP contribution is -2.27. The maximum absolute atomic E-state index is 11.5. The number of ether oxygens (including phenoxy) is 1. The zero-order chi connectivity index (χ0) is 16.0. The van der Waals surface area contributed by atoms with Gasteiger partial charge in [0.2, 0.25) is 5.91 Å². The molecule has 8 heteroatoms. The number of carbonyl (C=O) groups excluding carboxylic acids is 2. The number of carbonyl (C=O) groups is 2. The highest BCUT2D eigenvalue weighted by atomic mass is 16.6. The van der Waals surface area contributed by atoms with Crippen LogP contribution in [0, 0.1) is 10.1 Å². The molecule has 0 bridgehead atoms. The first-order chi connectivity index (χ1) is 9.90. The van der Waals surface area contributed by atoms with Crippen LogP contribution in [0.4, 0.5) is 11.4 Å². The number of nitrogens with one attached hydrogen (secondary N) is 1. The maximum Gasteiger partial charge on any atom is 0.337 e. The van der Waals surface area contributed by atoms with Crippen LogP contribution in [0.25, 0.3) is 0 Å². The number of rotatable bonds is 6. The highest BCUT2D eigenvalue weighted by Crippen LogP contribution is 2.28. The number of hydrogen-bond acceptors (Lipinski definition) is 6. The molecule has 0 aliphatic carbocycles. The molecular weight excluding hydrogens is 278 g/mol. The highest BCUT2D eigenvalue weighted by molar-refractivity contribution is 5.91. The van der Waals surface area contributed by atoms with E-state index in [1.165, 1.54) is 32.4 Å². The summed E-state index contributed by atoms with van der Waals surface area (Å²) in [5.41, 5.74) is 0.332. The van der Waals surface area contributed by atoms with Crippen molar-refractivity contribution in [2.45, 2.75) is 6.42 Å². The van der Waals surface area contributed by atoms with Crippen LogP contribution in [0.15, 0.2) is 18.2 Å². The molecule has 0 fully saturated rings. The lowest BCUT2D eigenvalue weighted by atomic mass is 10.1. The summed E-state index contributed by atoms with van der Waals surface area (Å²) in [5.74, 6) is -0.750. The van der Waals surface area contributed by atoms with Gasteiger partial charge in [-0.3, -0.25) is 14.9 Å². The fourth-order valence-electron chi connectivity index (χ4n) is 1.74. The Kier molecular flexibility index (Phi) is 5.65. The van der Waals surface area contributed by atoms with Gasteiger partial charge in [0.1, 0.15) is 5.69 Å². The molecule has 1 N–H and O–H groups in total. The molecule has 0 saturated heterocycles. The number of nitrogens with zero attached hydrogens (tertiary/aromatic N) is 2. The van der Waals surface area contributed by atoms with Gasteiger partial charge in [-0.05, 0) is 12.1 Å². The van der Waals surface area contributed by atoms with Crippen LogP contribution in [0.1, 0.15) is 16.8 Å². The molecule has 1 aromatic rings. The van der Waals surface area contributed by atoms with Crippen LogP contribution in [0.3, 0.4) is 0 Å². The zero-order valence-corrected chi connectivity index (χ0v) is 12.1. The van der Waals surface area contributed by atoms with Gasteiger partial charge in [-0.2, -0.15) is 0 Å². The molecule has 1 amide bonds. The smallest absolute Gasteiger partial charge is 0.337 e. The quantitative estimate of drug-likeness (QED) is 0.476. The van der Waals surface area contributed by atoms with E-state index < -0.39 is 10.9 Å². The van der Waals surface area contributed by atoms with Crippen molar-refractivity contribution in [3.05, 3.63) is 33.9 Å². The fraction of sp³-hybridized carbons (Fsp3) is 0.385. The topological polar surface area (TPSA) is 102 Å². The van der Waals surface area contributed by atoms with Crippen LogP contribution in [-0.2, 0) is 9.53 Å². The van der Waals surface area contributed by atoms with Gasteiger partial charge in [0.25, 0.3) is 5.69 Å². The van der Waals surface area contributed by atoms with E-state index in [-0.39, 0.29) is 35.8 Å². The molecule has 21 heavy (non-hydrogen) atoms. The van der Waals surface area contributed by atoms with E-state index in [0.717, 1.165) is 0 Å². The summed E-state index contributed by atoms with van der Waals surface area (Å²) >= 11 is 0. The molecule has 114 valence electrons. The van der Waals surface area contributed by atoms with Crippen LogP contribution in [-0.4, -0.2) is 44.5 Å². The van der Waals surface area contributed by atoms with Gasteiger partial charge >= 0.3 is 5.97 Å². The second kappa shape index (κ2) is 7.22. The summed E-state index contributed by atoms with van der Waals surface area (Å²) in [4.78, 5) is 34.8. The second-order valence-corrected chi connectivity index (χ2v) is 4.30. The highest BCUT2D eigenvalue weighted by Gasteiger charge is 2.20. The number of amides is 1. The van der Waals surface area contributed by atoms with Crippen molar-refractivity contribution in [1.82, 2.24) is 5.32 Å². The maximum atomic E-state index is 11.5. The van der Waals surface area contributed by atoms with Crippen molar-refractivity contribution in [2.24, 2.45) is 0 Å². The van der Waals surface area contributed by atoms with Crippen molar-refractivity contribution >= 4 is 23.3 Å². The molecule has 0 aromatic heterocycles. The number of anilines is 1. The molecule has 0 atom stereocenters. The lowest BCUT2D eigenvalue weighted by molar-refractivity contribution is -0.384. The lowest BCUT2D eigenvalue weighted by Gasteiger charge is -2.19. The molecule has 1 aromatic carbocycles. The third-order valence-corrected chi connectivity index (χ3v) is 2.96. The summed E-state index contributed by atoms with van der Waals surface area (Å²) in [5, 5.41) is 13.5. The molecule has 1 rings (SSSR count). The van der Waals surface area contributed by atoms with Crippen LogP contribution >= 0.6 is 0 Å². The summed E-state index contributed by atoms with van der Waals surface area (Å²) < 4.78 is 4.60. The first-order valence-electron chi connectivity index (χ1n) is 6.19. The van der Waals surface area contributed by atoms with E-state index in [2.05, 4.69) is 10.1 Å². The van der Waals surface area contributed by atoms with Gasteiger partial charge in [-0.25, -0.2) is 4.79 Å². The summed E-state index contributed by atoms with van der Waals surface area (Å²) in [6.45, 7) is 0.283. The van der Waals surface area contributed by atoms with E-state index in [4.69, 9.17) is 0 Å². The predicted molar refractivity (Wildman–Crippen MR) is 76.4 cm³/mol. The van der Waals surface area contributed by atoms with Crippen molar-refractivity contribution in [3.63, 3.8) is 0 Å². The second-order valence-electron chi connectivity index (χ2n) is 4.30. The molecule has 0 radical (unpaired) electrons. The van der Waals surface area contributed by atoms with Gasteiger partial charge in [0.05, 0.1) is 17.6 Å². The number of hydrogen-bond donors (Lipinski definition) is 1. The third-order valence-electron chi connectivity index (χ3n) is 2.96. The Morgan fingerprint density at radius 1 is 1.43 bits per heavy atom. The van der Waals surface area contributed by atoms with E-state index in [1.807, 2.05) is 0 Å². The van der Waals surface area contributed by atoms with Crippen molar-refractivity contribution in [2.75, 3.05) is 32.6 Å². The van der Waals surface area contributed by atoms with Crippen molar-refractivity contribution < 1.29 is 19.2 Å². The molecule has 0 heterocycles. The number of benzene rings is 1. The first-order valence-corrected chi connectivity index (χ1v) is 6.19. The Balaban J connectivity index is 3.07. The van der Waals surface area contributed by atoms with E-state index >= 15 is 0 Å². The number of esters is 1. The van der Waals surface area contributed by atoms with Gasteiger partial charge in [-0.1, -0.05) is 0 Å². The summed E-state index contributed by atoms with van der Waals surface area (Å²) in [7, 11) is 4.37. The number of nitro groups is 1. The van der Waals surface area contributed by atoms with Gasteiger partial charge < -0.3 is 15.0 Å². The van der Waals surface area contributed by atoms with Crippen molar-refractivity contribution in [1.29, 1.82) is 0 Å². The molecule has 0 spiro atoms. The van der Waals surface area contributed by atoms with Gasteiger partial charge in [0, 0.05) is 33.1 Å². The van der Waals surface area contributed by atoms with Crippen LogP contribution in [0.2, 0.25) is 0 Å². The Bertz CT molecular complexity index is 559. The Labute approximate surface area is 121 Å². The molecule has 8 nitrogen and oxygen atoms in total. The average molecular weight is 295 g/mol. The summed E-state index contributed by atoms with van der Waals surface area (Å²) in [6, 6.07) is 3.96. The zero-order valence-electron chi connectivity index (χ0n) is 12.1. The van der Waals surface area contributed by atoms with E-state index in [9.17, 15) is 19.7 Å². The molecule has 0 aliphatic heterocycles. The van der Waals surface area contributed by atoms with Gasteiger partial charge in [0.15, 0.2) is 0 Å². The molecule has 0 unspecified atom stereocenters. The predicted octanol–water partition coefficient (Wildman–Crippen LogP) is 0.954. The molecular formula is C13H17N3O5. The third kappa shape index (κ3) is 4.16. The van der Waals surface area contributed by atoms with Crippen molar-refractivity contribution in [3.8, 4) is 0 Å². The minimum Gasteiger partial charge on any atom is -0.465 e. The van der Waals surface area contributed by atoms with E-state index in [1.54, 1.807) is 11.9 Å². The fourth-order valence-corrected chi connectivity index (χ4v) is 1.74. The number of methoxy groups -OCH3 is 1. The Morgan fingerprint density at radius 2 is 2.10 bits per heavy atom. The largest absolute Gasteiger partial charge is 0.465 e. The van der Waals surface area contributed by atoms with Crippen LogP contribution < -0.4 is 10.2 Å². The average Bonchev–Trinajstić information content (AvgIpc) is 2.50. The SMILES string of the molecule is CNC(=O)CCN(C)c1cc(C(=O)OC)ccc1[N+](=O)[O-]. The summed E-state index contributed by atoms with van der Waals surface area (Å²) in [6.07, 6.45) is 0.187. The monoisotopic (exact) mass is 295 g/mol. The Hall–Kier alpha value is -2.64.